The summed E-state index contributed by atoms with van der Waals surface area (Å²) in [5.41, 5.74) is 0. The van der Waals surface area contributed by atoms with Crippen LogP contribution in [0.25, 0.3) is 0 Å². The summed E-state index contributed by atoms with van der Waals surface area (Å²) in [6.45, 7) is 1.92. The molecule has 1 heterocycles. The van der Waals surface area contributed by atoms with Crippen LogP contribution in [0.5, 0.6) is 5.75 Å². The Morgan fingerprint density at radius 1 is 1.50 bits per heavy atom. The summed E-state index contributed by atoms with van der Waals surface area (Å²) in [7, 11) is 0. The standard InChI is InChI=1S/C14H16FNO4/c1-9-5-6-16(13(9)14(18)19)12(17)8-20-11-4-2-3-10(15)7-11/h2-4,7,9,13H,5-6,8H2,1H3,(H,18,19). The third-order valence-corrected chi connectivity index (χ3v) is 3.43. The molecule has 0 aromatic heterocycles. The lowest BCUT2D eigenvalue weighted by molar-refractivity contribution is -0.150. The van der Waals surface area contributed by atoms with E-state index in [1.54, 1.807) is 6.92 Å². The van der Waals surface area contributed by atoms with Crippen molar-refractivity contribution in [3.05, 3.63) is 30.1 Å². The van der Waals surface area contributed by atoms with Gasteiger partial charge in [0.2, 0.25) is 0 Å². The van der Waals surface area contributed by atoms with Crippen molar-refractivity contribution in [2.24, 2.45) is 5.92 Å². The first kappa shape index (κ1) is 14.3. The highest BCUT2D eigenvalue weighted by molar-refractivity contribution is 5.85. The van der Waals surface area contributed by atoms with E-state index in [1.165, 1.54) is 29.2 Å². The molecule has 0 saturated carbocycles. The van der Waals surface area contributed by atoms with Crippen molar-refractivity contribution in [1.29, 1.82) is 0 Å². The van der Waals surface area contributed by atoms with E-state index < -0.39 is 23.7 Å². The van der Waals surface area contributed by atoms with E-state index in [0.717, 1.165) is 0 Å². The number of nitrogens with zero attached hydrogens (tertiary/aromatic N) is 1. The number of likely N-dealkylation sites (tertiary alicyclic amines) is 1. The summed E-state index contributed by atoms with van der Waals surface area (Å²) in [5.74, 6) is -1.68. The van der Waals surface area contributed by atoms with Gasteiger partial charge in [-0.25, -0.2) is 9.18 Å². The number of benzene rings is 1. The molecule has 1 saturated heterocycles. The first-order chi connectivity index (χ1) is 9.49. The molecule has 2 unspecified atom stereocenters. The maximum atomic E-state index is 13.0. The number of amides is 1. The Labute approximate surface area is 116 Å². The molecule has 0 bridgehead atoms. The molecule has 1 aromatic carbocycles. The lowest BCUT2D eigenvalue weighted by Crippen LogP contribution is -2.44. The third kappa shape index (κ3) is 3.07. The van der Waals surface area contributed by atoms with Gasteiger partial charge in [0.15, 0.2) is 6.61 Å². The highest BCUT2D eigenvalue weighted by Crippen LogP contribution is 2.24. The summed E-state index contributed by atoms with van der Waals surface area (Å²) < 4.78 is 18.2. The number of rotatable bonds is 4. The molecule has 2 rings (SSSR count). The molecule has 0 spiro atoms. The molecule has 2 atom stereocenters. The maximum absolute atomic E-state index is 13.0. The van der Waals surface area contributed by atoms with Crippen LogP contribution in [0.4, 0.5) is 4.39 Å². The van der Waals surface area contributed by atoms with Gasteiger partial charge in [-0.3, -0.25) is 4.79 Å². The molecule has 0 radical (unpaired) electrons. The summed E-state index contributed by atoms with van der Waals surface area (Å²) in [6.07, 6.45) is 0.655. The Balaban J connectivity index is 1.96. The predicted molar refractivity (Wildman–Crippen MR) is 68.8 cm³/mol. The Kier molecular flexibility index (Phi) is 4.22. The van der Waals surface area contributed by atoms with Gasteiger partial charge in [0.1, 0.15) is 17.6 Å². The van der Waals surface area contributed by atoms with Crippen LogP contribution in [0.15, 0.2) is 24.3 Å². The van der Waals surface area contributed by atoms with Crippen LogP contribution in [0.2, 0.25) is 0 Å². The van der Waals surface area contributed by atoms with E-state index in [0.29, 0.717) is 13.0 Å². The molecule has 6 heteroatoms. The second-order valence-electron chi connectivity index (χ2n) is 4.88. The predicted octanol–water partition coefficient (Wildman–Crippen LogP) is 1.53. The Hall–Kier alpha value is -2.11. The fourth-order valence-electron chi connectivity index (χ4n) is 2.39. The zero-order chi connectivity index (χ0) is 14.7. The highest BCUT2D eigenvalue weighted by Gasteiger charge is 2.39. The summed E-state index contributed by atoms with van der Waals surface area (Å²) in [6, 6.07) is 4.66. The second-order valence-corrected chi connectivity index (χ2v) is 4.88. The Morgan fingerprint density at radius 2 is 2.25 bits per heavy atom. The van der Waals surface area contributed by atoms with E-state index >= 15 is 0 Å². The highest BCUT2D eigenvalue weighted by atomic mass is 19.1. The van der Waals surface area contributed by atoms with Gasteiger partial charge in [-0.2, -0.15) is 0 Å². The molecular formula is C14H16FNO4. The van der Waals surface area contributed by atoms with Gasteiger partial charge in [0.25, 0.3) is 5.91 Å². The molecule has 108 valence electrons. The molecule has 0 aliphatic carbocycles. The van der Waals surface area contributed by atoms with E-state index in [2.05, 4.69) is 0 Å². The molecule has 1 aliphatic heterocycles. The van der Waals surface area contributed by atoms with Gasteiger partial charge < -0.3 is 14.7 Å². The van der Waals surface area contributed by atoms with Crippen LogP contribution in [0, 0.1) is 11.7 Å². The number of ether oxygens (including phenoxy) is 1. The summed E-state index contributed by atoms with van der Waals surface area (Å²) in [4.78, 5) is 24.5. The largest absolute Gasteiger partial charge is 0.484 e. The number of carbonyl (C=O) groups excluding carboxylic acids is 1. The van der Waals surface area contributed by atoms with Gasteiger partial charge in [0.05, 0.1) is 0 Å². The van der Waals surface area contributed by atoms with Crippen molar-refractivity contribution in [3.63, 3.8) is 0 Å². The van der Waals surface area contributed by atoms with E-state index in [1.807, 2.05) is 0 Å². The SMILES string of the molecule is CC1CCN(C(=O)COc2cccc(F)c2)C1C(=O)O. The van der Waals surface area contributed by atoms with Crippen LogP contribution in [-0.2, 0) is 9.59 Å². The van der Waals surface area contributed by atoms with Gasteiger partial charge in [-0.1, -0.05) is 13.0 Å². The minimum absolute atomic E-state index is 0.0781. The smallest absolute Gasteiger partial charge is 0.326 e. The van der Waals surface area contributed by atoms with E-state index in [9.17, 15) is 14.0 Å². The van der Waals surface area contributed by atoms with Gasteiger partial charge >= 0.3 is 5.97 Å². The molecule has 5 nitrogen and oxygen atoms in total. The number of carboxylic acids is 1. The van der Waals surface area contributed by atoms with Gasteiger partial charge in [0, 0.05) is 12.6 Å². The van der Waals surface area contributed by atoms with Crippen LogP contribution in [-0.4, -0.2) is 41.1 Å². The van der Waals surface area contributed by atoms with Crippen molar-refractivity contribution in [3.8, 4) is 5.75 Å². The number of carbonyl (C=O) groups is 2. The molecule has 20 heavy (non-hydrogen) atoms. The molecule has 1 amide bonds. The maximum Gasteiger partial charge on any atom is 0.326 e. The van der Waals surface area contributed by atoms with Crippen molar-refractivity contribution in [2.75, 3.05) is 13.2 Å². The fraction of sp³-hybridized carbons (Fsp3) is 0.429. The van der Waals surface area contributed by atoms with Crippen LogP contribution in [0.1, 0.15) is 13.3 Å². The number of halogens is 1. The van der Waals surface area contributed by atoms with Gasteiger partial charge in [-0.05, 0) is 24.5 Å². The van der Waals surface area contributed by atoms with Crippen molar-refractivity contribution >= 4 is 11.9 Å². The zero-order valence-electron chi connectivity index (χ0n) is 11.1. The summed E-state index contributed by atoms with van der Waals surface area (Å²) >= 11 is 0. The van der Waals surface area contributed by atoms with Crippen LogP contribution < -0.4 is 4.74 Å². The molecular weight excluding hydrogens is 265 g/mol. The molecule has 1 aromatic rings. The van der Waals surface area contributed by atoms with Gasteiger partial charge in [-0.15, -0.1) is 0 Å². The number of hydrogen-bond donors (Lipinski definition) is 1. The average Bonchev–Trinajstić information content (AvgIpc) is 2.78. The van der Waals surface area contributed by atoms with E-state index in [4.69, 9.17) is 9.84 Å². The monoisotopic (exact) mass is 281 g/mol. The Morgan fingerprint density at radius 3 is 2.90 bits per heavy atom. The third-order valence-electron chi connectivity index (χ3n) is 3.43. The Bertz CT molecular complexity index is 520. The lowest BCUT2D eigenvalue weighted by Gasteiger charge is -2.23. The van der Waals surface area contributed by atoms with Crippen molar-refractivity contribution in [1.82, 2.24) is 4.90 Å². The normalized spacial score (nSPS) is 21.8. The number of hydrogen-bond acceptors (Lipinski definition) is 3. The number of carboxylic acid groups (broad SMARTS) is 1. The first-order valence-electron chi connectivity index (χ1n) is 6.39. The molecule has 1 N–H and O–H groups in total. The van der Waals surface area contributed by atoms with Crippen LogP contribution >= 0.6 is 0 Å². The van der Waals surface area contributed by atoms with Crippen molar-refractivity contribution in [2.45, 2.75) is 19.4 Å². The number of aliphatic carboxylic acids is 1. The van der Waals surface area contributed by atoms with Crippen molar-refractivity contribution < 1.29 is 23.8 Å². The average molecular weight is 281 g/mol. The molecule has 1 aliphatic rings. The minimum atomic E-state index is -1.01. The summed E-state index contributed by atoms with van der Waals surface area (Å²) in [5, 5.41) is 9.14. The lowest BCUT2D eigenvalue weighted by atomic mass is 10.0. The minimum Gasteiger partial charge on any atom is -0.484 e. The topological polar surface area (TPSA) is 66.8 Å². The van der Waals surface area contributed by atoms with E-state index in [-0.39, 0.29) is 18.3 Å². The fourth-order valence-corrected chi connectivity index (χ4v) is 2.39. The molecule has 1 fully saturated rings. The van der Waals surface area contributed by atoms with Crippen LogP contribution in [0.3, 0.4) is 0 Å². The quantitative estimate of drug-likeness (QED) is 0.908. The zero-order valence-corrected chi connectivity index (χ0v) is 11.1. The first-order valence-corrected chi connectivity index (χ1v) is 6.39. The second kappa shape index (κ2) is 5.90.